The summed E-state index contributed by atoms with van der Waals surface area (Å²) >= 11 is 0. The molecule has 1 unspecified atom stereocenters. The molecule has 1 aliphatic heterocycles. The Morgan fingerprint density at radius 2 is 1.80 bits per heavy atom. The second-order valence-electron chi connectivity index (χ2n) is 4.19. The van der Waals surface area contributed by atoms with Gasteiger partial charge < -0.3 is 13.8 Å². The van der Waals surface area contributed by atoms with Crippen molar-refractivity contribution in [3.8, 4) is 0 Å². The summed E-state index contributed by atoms with van der Waals surface area (Å²) in [6.07, 6.45) is 8.09. The van der Waals surface area contributed by atoms with Crippen molar-refractivity contribution >= 4 is 8.22 Å². The Morgan fingerprint density at radius 1 is 1.20 bits per heavy atom. The zero-order valence-electron chi connectivity index (χ0n) is 10.1. The maximum absolute atomic E-state index is 2.58. The van der Waals surface area contributed by atoms with Gasteiger partial charge in [0.2, 0.25) is 0 Å². The first-order valence-electron chi connectivity index (χ1n) is 5.32. The molecule has 1 atom stereocenters. The van der Waals surface area contributed by atoms with Gasteiger partial charge in [-0.1, -0.05) is 6.42 Å². The van der Waals surface area contributed by atoms with Gasteiger partial charge in [-0.3, -0.25) is 9.34 Å². The summed E-state index contributed by atoms with van der Waals surface area (Å²) in [5.74, 6) is 0. The fraction of sp³-hybridized carbons (Fsp3) is 0.818. The molecule has 1 saturated heterocycles. The van der Waals surface area contributed by atoms with Crippen LogP contribution >= 0.6 is 8.22 Å². The quantitative estimate of drug-likeness (QED) is 0.410. The topological polar surface area (TPSA) is 6.48 Å². The van der Waals surface area contributed by atoms with E-state index < -0.39 is 0 Å². The van der Waals surface area contributed by atoms with Crippen LogP contribution in [0.4, 0.5) is 0 Å². The first kappa shape index (κ1) is 15.9. The van der Waals surface area contributed by atoms with Crippen LogP contribution in [0.25, 0.3) is 0 Å². The molecular weight excluding hydrogens is 247 g/mol. The van der Waals surface area contributed by atoms with E-state index in [1.165, 1.54) is 38.8 Å². The van der Waals surface area contributed by atoms with Crippen molar-refractivity contribution in [1.29, 1.82) is 0 Å². The van der Waals surface area contributed by atoms with Crippen molar-refractivity contribution in [3.05, 3.63) is 13.8 Å². The van der Waals surface area contributed by atoms with E-state index >= 15 is 0 Å². The van der Waals surface area contributed by atoms with Crippen LogP contribution in [0.5, 0.6) is 0 Å². The Bertz CT molecular complexity index is 164. The summed E-state index contributed by atoms with van der Waals surface area (Å²) in [5, 5.41) is 0. The third-order valence-corrected chi connectivity index (χ3v) is 6.08. The number of nitrogens with zero attached hydrogens (tertiary/aromatic N) is 2. The third kappa shape index (κ3) is 3.68. The van der Waals surface area contributed by atoms with Gasteiger partial charge in [0, 0.05) is 21.3 Å². The predicted octanol–water partition coefficient (Wildman–Crippen LogP) is 2.77. The van der Waals surface area contributed by atoms with E-state index in [-0.39, 0.29) is 32.7 Å². The van der Waals surface area contributed by atoms with Gasteiger partial charge in [0.25, 0.3) is 0 Å². The first-order chi connectivity index (χ1) is 6.29. The Balaban J connectivity index is 0.000000980. The van der Waals surface area contributed by atoms with Gasteiger partial charge in [0.1, 0.15) is 0 Å². The second-order valence-corrected chi connectivity index (χ2v) is 6.93. The molecule has 2 nitrogen and oxygen atoms in total. The van der Waals surface area contributed by atoms with Crippen LogP contribution in [-0.4, -0.2) is 42.2 Å². The van der Waals surface area contributed by atoms with E-state index in [2.05, 4.69) is 29.9 Å². The second kappa shape index (κ2) is 7.25. The van der Waals surface area contributed by atoms with E-state index in [0.717, 1.165) is 5.66 Å². The largest absolute Gasteiger partial charge is 2.00 e. The molecule has 2 fully saturated rings. The summed E-state index contributed by atoms with van der Waals surface area (Å²) in [6, 6.07) is 0. The predicted molar refractivity (Wildman–Crippen MR) is 65.2 cm³/mol. The third-order valence-electron chi connectivity index (χ3n) is 3.16. The molecule has 2 aliphatic rings. The zero-order valence-corrected chi connectivity index (χ0v) is 12.1. The molecule has 2 rings (SSSR count). The number of likely N-dealkylation sites (N-methyl/N-ethyl adjacent to an activating group) is 2. The standard InChI is InChI=1S/C10H20N2P.CH3.Fe/c1-11-8-9-12(2)13(11)10-6-4-3-5-7-10;;/h4,10H,3,5-9H2,1-2H3;1H3;/q2*-1;+2. The molecule has 90 valence electrons. The van der Waals surface area contributed by atoms with Crippen LogP contribution in [0.15, 0.2) is 0 Å². The van der Waals surface area contributed by atoms with Crippen LogP contribution in [0.3, 0.4) is 0 Å². The Kier molecular flexibility index (Phi) is 7.67. The fourth-order valence-corrected chi connectivity index (χ4v) is 5.42. The molecule has 0 amide bonds. The maximum atomic E-state index is 2.58. The molecule has 0 N–H and O–H groups in total. The van der Waals surface area contributed by atoms with Gasteiger partial charge in [-0.2, -0.15) is 12.8 Å². The number of rotatable bonds is 1. The van der Waals surface area contributed by atoms with Crippen LogP contribution < -0.4 is 0 Å². The Labute approximate surface area is 107 Å². The monoisotopic (exact) mass is 270 g/mol. The maximum Gasteiger partial charge on any atom is 2.00 e. The molecule has 0 bridgehead atoms. The summed E-state index contributed by atoms with van der Waals surface area (Å²) in [5.41, 5.74) is 0.959. The summed E-state index contributed by atoms with van der Waals surface area (Å²) in [4.78, 5) is 0. The molecule has 1 heterocycles. The molecule has 0 aromatic carbocycles. The van der Waals surface area contributed by atoms with E-state index in [9.17, 15) is 0 Å². The molecule has 15 heavy (non-hydrogen) atoms. The normalized spacial score (nSPS) is 29.6. The summed E-state index contributed by atoms with van der Waals surface area (Å²) in [6.45, 7) is 2.55. The summed E-state index contributed by atoms with van der Waals surface area (Å²) < 4.78 is 5.16. The molecule has 4 heteroatoms. The van der Waals surface area contributed by atoms with E-state index in [4.69, 9.17) is 0 Å². The molecule has 0 aromatic heterocycles. The van der Waals surface area contributed by atoms with Gasteiger partial charge in [0.05, 0.1) is 0 Å². The molecular formula is C11H23FeN2P. The van der Waals surface area contributed by atoms with Gasteiger partial charge in [-0.15, -0.1) is 0 Å². The Morgan fingerprint density at radius 3 is 2.27 bits per heavy atom. The minimum Gasteiger partial charge on any atom is -0.358 e. The van der Waals surface area contributed by atoms with Crippen molar-refractivity contribution in [2.75, 3.05) is 27.2 Å². The average Bonchev–Trinajstić information content (AvgIpc) is 2.48. The smallest absolute Gasteiger partial charge is 0.358 e. The van der Waals surface area contributed by atoms with E-state index in [0.29, 0.717) is 0 Å². The minimum atomic E-state index is 0. The van der Waals surface area contributed by atoms with Crippen LogP contribution in [-0.2, 0) is 17.1 Å². The molecule has 0 aromatic rings. The minimum absolute atomic E-state index is 0. The molecule has 1 aliphatic carbocycles. The van der Waals surface area contributed by atoms with Crippen LogP contribution in [0, 0.1) is 13.8 Å². The fourth-order valence-electron chi connectivity index (χ4n) is 2.45. The zero-order chi connectivity index (χ0) is 9.26. The van der Waals surface area contributed by atoms with E-state index in [1.807, 2.05) is 0 Å². The summed E-state index contributed by atoms with van der Waals surface area (Å²) in [7, 11) is 4.64. The number of hydrogen-bond donors (Lipinski definition) is 0. The average molecular weight is 270 g/mol. The van der Waals surface area contributed by atoms with Crippen LogP contribution in [0.2, 0.25) is 0 Å². The van der Waals surface area contributed by atoms with Gasteiger partial charge >= 0.3 is 17.1 Å². The van der Waals surface area contributed by atoms with E-state index in [1.54, 1.807) is 0 Å². The van der Waals surface area contributed by atoms with Crippen molar-refractivity contribution in [3.63, 3.8) is 0 Å². The number of hydrogen-bond acceptors (Lipinski definition) is 2. The molecule has 0 spiro atoms. The molecule has 1 saturated carbocycles. The van der Waals surface area contributed by atoms with Crippen molar-refractivity contribution in [2.24, 2.45) is 0 Å². The van der Waals surface area contributed by atoms with Gasteiger partial charge in [0.15, 0.2) is 0 Å². The first-order valence-corrected chi connectivity index (χ1v) is 6.63. The SMILES string of the molecule is CN1CCN(C)P1C1C[CH-]CCC1.[CH3-].[Fe+2]. The van der Waals surface area contributed by atoms with Crippen molar-refractivity contribution in [1.82, 2.24) is 9.34 Å². The van der Waals surface area contributed by atoms with Crippen LogP contribution in [0.1, 0.15) is 25.7 Å². The van der Waals surface area contributed by atoms with Crippen molar-refractivity contribution in [2.45, 2.75) is 31.3 Å². The Hall–Kier alpha value is 0.869. The van der Waals surface area contributed by atoms with Gasteiger partial charge in [-0.05, 0) is 26.2 Å². The molecule has 0 radical (unpaired) electrons. The van der Waals surface area contributed by atoms with Gasteiger partial charge in [-0.25, -0.2) is 0 Å². The van der Waals surface area contributed by atoms with Crippen molar-refractivity contribution < 1.29 is 17.1 Å².